The maximum Gasteiger partial charge on any atom is 0.145 e. The van der Waals surface area contributed by atoms with Gasteiger partial charge in [0.05, 0.1) is 0 Å². The van der Waals surface area contributed by atoms with Crippen LogP contribution in [-0.2, 0) is 9.53 Å². The van der Waals surface area contributed by atoms with Gasteiger partial charge in [0.25, 0.3) is 0 Å². The van der Waals surface area contributed by atoms with E-state index < -0.39 is 0 Å². The fraction of sp³-hybridized carbons (Fsp3) is 0.857. The van der Waals surface area contributed by atoms with Crippen molar-refractivity contribution in [1.82, 2.24) is 0 Å². The van der Waals surface area contributed by atoms with Crippen LogP contribution in [0.5, 0.6) is 0 Å². The van der Waals surface area contributed by atoms with Crippen LogP contribution in [0.2, 0.25) is 0 Å². The molecule has 4 rings (SSSR count). The Balaban J connectivity index is 1.66. The van der Waals surface area contributed by atoms with Crippen molar-refractivity contribution in [3.63, 3.8) is 0 Å². The molecular formula is C21H32O2. The Hall–Kier alpha value is -0.630. The van der Waals surface area contributed by atoms with Crippen LogP contribution in [-0.4, -0.2) is 19.5 Å². The topological polar surface area (TPSA) is 26.3 Å². The zero-order valence-corrected chi connectivity index (χ0v) is 15.1. The van der Waals surface area contributed by atoms with Crippen molar-refractivity contribution >= 4 is 6.29 Å². The van der Waals surface area contributed by atoms with E-state index in [1.54, 1.807) is 0 Å². The summed E-state index contributed by atoms with van der Waals surface area (Å²) in [5.74, 6) is 3.24. The Morgan fingerprint density at radius 2 is 1.87 bits per heavy atom. The summed E-state index contributed by atoms with van der Waals surface area (Å²) >= 11 is 0. The summed E-state index contributed by atoms with van der Waals surface area (Å²) < 4.78 is 5.83. The van der Waals surface area contributed by atoms with Crippen molar-refractivity contribution in [3.05, 3.63) is 11.1 Å². The van der Waals surface area contributed by atoms with E-state index in [1.165, 1.54) is 44.1 Å². The summed E-state index contributed by atoms with van der Waals surface area (Å²) in [5.41, 5.74) is 3.29. The third kappa shape index (κ3) is 2.13. The highest BCUT2D eigenvalue weighted by Crippen LogP contribution is 2.66. The maximum atomic E-state index is 11.5. The first-order chi connectivity index (χ1) is 11.0. The summed E-state index contributed by atoms with van der Waals surface area (Å²) in [6, 6.07) is 0. The lowest BCUT2D eigenvalue weighted by molar-refractivity contribution is -0.105. The second-order valence-corrected chi connectivity index (χ2v) is 9.24. The van der Waals surface area contributed by atoms with Crippen molar-refractivity contribution in [3.8, 4) is 0 Å². The number of carbonyl (C=O) groups is 1. The van der Waals surface area contributed by atoms with E-state index in [-0.39, 0.29) is 0 Å². The Morgan fingerprint density at radius 3 is 2.65 bits per heavy atom. The molecule has 0 aromatic rings. The fourth-order valence-electron chi connectivity index (χ4n) is 7.07. The minimum atomic E-state index is 0.293. The molecule has 0 N–H and O–H groups in total. The average Bonchev–Trinajstić information content (AvgIpc) is 2.69. The molecule has 0 aromatic heterocycles. The van der Waals surface area contributed by atoms with Gasteiger partial charge in [0.1, 0.15) is 6.29 Å². The number of aldehydes is 1. The van der Waals surface area contributed by atoms with Crippen LogP contribution in [0, 0.1) is 34.5 Å². The van der Waals surface area contributed by atoms with Gasteiger partial charge in [-0.1, -0.05) is 19.4 Å². The lowest BCUT2D eigenvalue weighted by Crippen LogP contribution is -2.51. The van der Waals surface area contributed by atoms with Crippen LogP contribution in [0.25, 0.3) is 0 Å². The van der Waals surface area contributed by atoms with Gasteiger partial charge in [-0.15, -0.1) is 0 Å². The smallest absolute Gasteiger partial charge is 0.145 e. The van der Waals surface area contributed by atoms with E-state index in [0.717, 1.165) is 49.2 Å². The van der Waals surface area contributed by atoms with Gasteiger partial charge in [0.15, 0.2) is 0 Å². The van der Waals surface area contributed by atoms with Gasteiger partial charge < -0.3 is 4.74 Å². The van der Waals surface area contributed by atoms with Crippen LogP contribution in [0.15, 0.2) is 11.1 Å². The molecule has 0 bridgehead atoms. The molecule has 3 aliphatic carbocycles. The normalized spacial score (nSPS) is 49.9. The van der Waals surface area contributed by atoms with E-state index in [4.69, 9.17) is 4.74 Å². The molecule has 128 valence electrons. The average molecular weight is 316 g/mol. The Bertz CT molecular complexity index is 536. The summed E-state index contributed by atoms with van der Waals surface area (Å²) in [4.78, 5) is 11.5. The van der Waals surface area contributed by atoms with E-state index in [2.05, 4.69) is 20.8 Å². The van der Waals surface area contributed by atoms with Gasteiger partial charge in [-0.2, -0.15) is 0 Å². The van der Waals surface area contributed by atoms with Gasteiger partial charge in [0.2, 0.25) is 0 Å². The number of hydrogen-bond acceptors (Lipinski definition) is 2. The van der Waals surface area contributed by atoms with Gasteiger partial charge in [-0.25, -0.2) is 0 Å². The van der Waals surface area contributed by atoms with Crippen LogP contribution in [0.4, 0.5) is 0 Å². The molecule has 0 spiro atoms. The highest BCUT2D eigenvalue weighted by molar-refractivity contribution is 5.76. The highest BCUT2D eigenvalue weighted by Gasteiger charge is 2.58. The highest BCUT2D eigenvalue weighted by atomic mass is 16.5. The molecule has 2 nitrogen and oxygen atoms in total. The van der Waals surface area contributed by atoms with Crippen LogP contribution in [0.1, 0.15) is 65.7 Å². The molecule has 0 radical (unpaired) electrons. The molecule has 1 aliphatic heterocycles. The molecule has 0 unspecified atom stereocenters. The van der Waals surface area contributed by atoms with Crippen LogP contribution < -0.4 is 0 Å². The van der Waals surface area contributed by atoms with Crippen LogP contribution in [0.3, 0.4) is 0 Å². The molecule has 4 aliphatic rings. The summed E-state index contributed by atoms with van der Waals surface area (Å²) in [6.45, 7) is 9.17. The third-order valence-electron chi connectivity index (χ3n) is 8.77. The molecule has 3 fully saturated rings. The van der Waals surface area contributed by atoms with Gasteiger partial charge >= 0.3 is 0 Å². The Kier molecular flexibility index (Phi) is 3.75. The molecule has 2 saturated carbocycles. The standard InChI is InChI=1S/C21H32O2/c1-14-15(13-22)12-19-17-5-4-16-7-10-23-11-9-21(16,3)18(17)6-8-20(14,19)2/h13,16-19H,4-12H2,1-3H3/t16-,17+,18-,19-,20+,21-/m0/s1. The molecule has 23 heavy (non-hydrogen) atoms. The number of ether oxygens (including phenoxy) is 1. The second kappa shape index (κ2) is 5.44. The minimum absolute atomic E-state index is 0.293. The molecule has 0 amide bonds. The number of hydrogen-bond donors (Lipinski definition) is 0. The first-order valence-electron chi connectivity index (χ1n) is 9.74. The van der Waals surface area contributed by atoms with Crippen molar-refractivity contribution in [2.24, 2.45) is 34.5 Å². The van der Waals surface area contributed by atoms with Crippen molar-refractivity contribution in [1.29, 1.82) is 0 Å². The Labute approximate surface area is 141 Å². The predicted molar refractivity (Wildman–Crippen MR) is 92.1 cm³/mol. The second-order valence-electron chi connectivity index (χ2n) is 9.24. The van der Waals surface area contributed by atoms with Crippen LogP contribution >= 0.6 is 0 Å². The first-order valence-corrected chi connectivity index (χ1v) is 9.74. The fourth-order valence-corrected chi connectivity index (χ4v) is 7.07. The molecule has 0 aromatic carbocycles. The van der Waals surface area contributed by atoms with Crippen molar-refractivity contribution < 1.29 is 9.53 Å². The van der Waals surface area contributed by atoms with E-state index in [1.807, 2.05) is 0 Å². The summed E-state index contributed by atoms with van der Waals surface area (Å²) in [5, 5.41) is 0. The first kappa shape index (κ1) is 15.9. The molecule has 2 heteroatoms. The van der Waals surface area contributed by atoms with E-state index in [0.29, 0.717) is 16.7 Å². The molecular weight excluding hydrogens is 284 g/mol. The minimum Gasteiger partial charge on any atom is -0.381 e. The predicted octanol–water partition coefficient (Wildman–Crippen LogP) is 4.78. The van der Waals surface area contributed by atoms with E-state index in [9.17, 15) is 4.79 Å². The zero-order valence-electron chi connectivity index (χ0n) is 15.1. The van der Waals surface area contributed by atoms with Crippen molar-refractivity contribution in [2.75, 3.05) is 13.2 Å². The van der Waals surface area contributed by atoms with Gasteiger partial charge in [-0.05, 0) is 91.9 Å². The zero-order chi connectivity index (χ0) is 16.2. The number of rotatable bonds is 1. The lowest BCUT2D eigenvalue weighted by atomic mass is 9.46. The SMILES string of the molecule is CC1=C(C=O)C[C@H]2[C@@H]3CC[C@H]4CCOCC[C@]4(C)[C@H]3CC[C@]12C. The quantitative estimate of drug-likeness (QED) is 0.651. The monoisotopic (exact) mass is 316 g/mol. The lowest BCUT2D eigenvalue weighted by Gasteiger charge is -2.58. The summed E-state index contributed by atoms with van der Waals surface area (Å²) in [7, 11) is 0. The van der Waals surface area contributed by atoms with Gasteiger partial charge in [-0.3, -0.25) is 4.79 Å². The number of carbonyl (C=O) groups excluding carboxylic acids is 1. The number of fused-ring (bicyclic) bond motifs is 5. The number of allylic oxidation sites excluding steroid dienone is 2. The maximum absolute atomic E-state index is 11.5. The molecule has 1 heterocycles. The molecule has 6 atom stereocenters. The largest absolute Gasteiger partial charge is 0.381 e. The third-order valence-corrected chi connectivity index (χ3v) is 8.77. The Morgan fingerprint density at radius 1 is 1.04 bits per heavy atom. The van der Waals surface area contributed by atoms with Crippen molar-refractivity contribution in [2.45, 2.75) is 65.7 Å². The molecule has 1 saturated heterocycles. The summed E-state index contributed by atoms with van der Waals surface area (Å²) in [6.07, 6.45) is 10.1. The van der Waals surface area contributed by atoms with E-state index >= 15 is 0 Å². The van der Waals surface area contributed by atoms with Gasteiger partial charge in [0, 0.05) is 13.2 Å².